The van der Waals surface area contributed by atoms with Gasteiger partial charge in [0, 0.05) is 30.2 Å². The topological polar surface area (TPSA) is 100 Å². The molecule has 3 rings (SSSR count). The standard InChI is InChI=1S/C19H26N6O2/c1-13(2)21-19(27)23-15-7-5-14(6-8-15)22-18(26)17-9-11-25(24-17)16-4-3-10-20-12-16/h5-9,11,13,16,20H,3-4,10,12H2,1-2H3,(H,22,26)(H2,21,23,27). The number of amides is 3. The predicted octanol–water partition coefficient (Wildman–Crippen LogP) is 2.59. The number of rotatable bonds is 5. The van der Waals surface area contributed by atoms with Crippen LogP contribution in [0.3, 0.4) is 0 Å². The Hall–Kier alpha value is -2.87. The van der Waals surface area contributed by atoms with Crippen molar-refractivity contribution in [3.05, 3.63) is 42.2 Å². The van der Waals surface area contributed by atoms with Crippen molar-refractivity contribution in [3.63, 3.8) is 0 Å². The van der Waals surface area contributed by atoms with Crippen molar-refractivity contribution in [2.24, 2.45) is 0 Å². The van der Waals surface area contributed by atoms with Crippen LogP contribution in [0.25, 0.3) is 0 Å². The quantitative estimate of drug-likeness (QED) is 0.650. The zero-order chi connectivity index (χ0) is 19.2. The number of urea groups is 1. The van der Waals surface area contributed by atoms with Gasteiger partial charge in [-0.05, 0) is 63.6 Å². The molecule has 3 amide bonds. The third-order valence-corrected chi connectivity index (χ3v) is 4.31. The first-order valence-corrected chi connectivity index (χ1v) is 9.26. The van der Waals surface area contributed by atoms with E-state index in [0.29, 0.717) is 23.1 Å². The molecule has 0 saturated carbocycles. The third kappa shape index (κ3) is 5.30. The van der Waals surface area contributed by atoms with Crippen molar-refractivity contribution in [2.75, 3.05) is 23.7 Å². The second-order valence-corrected chi connectivity index (χ2v) is 6.97. The van der Waals surface area contributed by atoms with E-state index < -0.39 is 0 Å². The fourth-order valence-corrected chi connectivity index (χ4v) is 2.98. The minimum atomic E-state index is -0.260. The highest BCUT2D eigenvalue weighted by molar-refractivity contribution is 6.03. The van der Waals surface area contributed by atoms with Gasteiger partial charge in [0.15, 0.2) is 5.69 Å². The first kappa shape index (κ1) is 18.9. The molecule has 0 bridgehead atoms. The van der Waals surface area contributed by atoms with Crippen LogP contribution in [0.4, 0.5) is 16.2 Å². The van der Waals surface area contributed by atoms with E-state index in [1.807, 2.05) is 24.7 Å². The van der Waals surface area contributed by atoms with Gasteiger partial charge >= 0.3 is 6.03 Å². The summed E-state index contributed by atoms with van der Waals surface area (Å²) in [5.74, 6) is -0.254. The van der Waals surface area contributed by atoms with Gasteiger partial charge < -0.3 is 21.3 Å². The zero-order valence-corrected chi connectivity index (χ0v) is 15.7. The van der Waals surface area contributed by atoms with E-state index >= 15 is 0 Å². The van der Waals surface area contributed by atoms with E-state index in [1.54, 1.807) is 30.3 Å². The number of carbonyl (C=O) groups excluding carboxylic acids is 2. The van der Waals surface area contributed by atoms with E-state index in [0.717, 1.165) is 25.9 Å². The second-order valence-electron chi connectivity index (χ2n) is 6.97. The molecule has 1 aromatic heterocycles. The summed E-state index contributed by atoms with van der Waals surface area (Å²) in [6.45, 7) is 5.70. The summed E-state index contributed by atoms with van der Waals surface area (Å²) in [7, 11) is 0. The second kappa shape index (κ2) is 8.68. The largest absolute Gasteiger partial charge is 0.336 e. The smallest absolute Gasteiger partial charge is 0.319 e. The molecular weight excluding hydrogens is 344 g/mol. The molecule has 0 radical (unpaired) electrons. The van der Waals surface area contributed by atoms with Crippen molar-refractivity contribution >= 4 is 23.3 Å². The summed E-state index contributed by atoms with van der Waals surface area (Å²) in [5, 5.41) is 16.1. The van der Waals surface area contributed by atoms with Crippen LogP contribution in [-0.2, 0) is 0 Å². The third-order valence-electron chi connectivity index (χ3n) is 4.31. The summed E-state index contributed by atoms with van der Waals surface area (Å²) in [6, 6.07) is 8.79. The molecule has 1 fully saturated rings. The van der Waals surface area contributed by atoms with Gasteiger partial charge in [0.2, 0.25) is 0 Å². The van der Waals surface area contributed by atoms with Crippen LogP contribution in [-0.4, -0.2) is 40.9 Å². The molecule has 2 heterocycles. The zero-order valence-electron chi connectivity index (χ0n) is 15.7. The molecule has 0 aliphatic carbocycles. The van der Waals surface area contributed by atoms with Crippen molar-refractivity contribution < 1.29 is 9.59 Å². The van der Waals surface area contributed by atoms with Crippen LogP contribution in [0, 0.1) is 0 Å². The lowest BCUT2D eigenvalue weighted by molar-refractivity contribution is 0.102. The number of nitrogens with zero attached hydrogens (tertiary/aromatic N) is 2. The van der Waals surface area contributed by atoms with Gasteiger partial charge in [-0.1, -0.05) is 0 Å². The molecule has 1 aliphatic heterocycles. The van der Waals surface area contributed by atoms with Crippen LogP contribution in [0.5, 0.6) is 0 Å². The number of aromatic nitrogens is 2. The monoisotopic (exact) mass is 370 g/mol. The highest BCUT2D eigenvalue weighted by Gasteiger charge is 2.17. The lowest BCUT2D eigenvalue weighted by Crippen LogP contribution is -2.34. The normalized spacial score (nSPS) is 16.8. The Bertz CT molecular complexity index is 778. The average Bonchev–Trinajstić information content (AvgIpc) is 3.14. The molecule has 8 nitrogen and oxygen atoms in total. The Morgan fingerprint density at radius 3 is 2.48 bits per heavy atom. The fraction of sp³-hybridized carbons (Fsp3) is 0.421. The molecule has 1 aliphatic rings. The van der Waals surface area contributed by atoms with Gasteiger partial charge in [-0.3, -0.25) is 9.48 Å². The molecule has 1 saturated heterocycles. The summed E-state index contributed by atoms with van der Waals surface area (Å²) >= 11 is 0. The summed E-state index contributed by atoms with van der Waals surface area (Å²) in [4.78, 5) is 24.1. The molecule has 1 unspecified atom stereocenters. The highest BCUT2D eigenvalue weighted by Crippen LogP contribution is 2.17. The van der Waals surface area contributed by atoms with E-state index in [-0.39, 0.29) is 18.0 Å². The Morgan fingerprint density at radius 2 is 1.85 bits per heavy atom. The number of carbonyl (C=O) groups is 2. The summed E-state index contributed by atoms with van der Waals surface area (Å²) < 4.78 is 1.86. The van der Waals surface area contributed by atoms with Crippen LogP contribution >= 0.6 is 0 Å². The number of anilines is 2. The van der Waals surface area contributed by atoms with E-state index in [1.165, 1.54) is 0 Å². The van der Waals surface area contributed by atoms with Crippen molar-refractivity contribution in [3.8, 4) is 0 Å². The number of benzene rings is 1. The van der Waals surface area contributed by atoms with Crippen LogP contribution in [0.1, 0.15) is 43.2 Å². The number of nitrogens with one attached hydrogen (secondary N) is 4. The molecule has 4 N–H and O–H groups in total. The molecular formula is C19H26N6O2. The van der Waals surface area contributed by atoms with E-state index in [9.17, 15) is 9.59 Å². The molecule has 2 aromatic rings. The Morgan fingerprint density at radius 1 is 1.15 bits per heavy atom. The van der Waals surface area contributed by atoms with Crippen molar-refractivity contribution in [2.45, 2.75) is 38.8 Å². The molecule has 8 heteroatoms. The van der Waals surface area contributed by atoms with Crippen LogP contribution in [0.15, 0.2) is 36.5 Å². The van der Waals surface area contributed by atoms with Gasteiger partial charge in [0.1, 0.15) is 0 Å². The molecule has 144 valence electrons. The molecule has 1 atom stereocenters. The van der Waals surface area contributed by atoms with Gasteiger partial charge in [-0.15, -0.1) is 0 Å². The van der Waals surface area contributed by atoms with Gasteiger partial charge in [0.05, 0.1) is 6.04 Å². The van der Waals surface area contributed by atoms with Gasteiger partial charge in [-0.25, -0.2) is 4.79 Å². The van der Waals surface area contributed by atoms with Gasteiger partial charge in [-0.2, -0.15) is 5.10 Å². The average molecular weight is 370 g/mol. The van der Waals surface area contributed by atoms with Gasteiger partial charge in [0.25, 0.3) is 5.91 Å². The Balaban J connectivity index is 1.56. The van der Waals surface area contributed by atoms with Crippen LogP contribution < -0.4 is 21.3 Å². The molecule has 27 heavy (non-hydrogen) atoms. The first-order chi connectivity index (χ1) is 13.0. The maximum atomic E-state index is 12.4. The highest BCUT2D eigenvalue weighted by atomic mass is 16.2. The fourth-order valence-electron chi connectivity index (χ4n) is 2.98. The first-order valence-electron chi connectivity index (χ1n) is 9.26. The molecule has 1 aromatic carbocycles. The predicted molar refractivity (Wildman–Crippen MR) is 105 cm³/mol. The molecule has 0 spiro atoms. The Kier molecular flexibility index (Phi) is 6.08. The maximum Gasteiger partial charge on any atom is 0.319 e. The summed E-state index contributed by atoms with van der Waals surface area (Å²) in [6.07, 6.45) is 4.03. The number of hydrogen-bond acceptors (Lipinski definition) is 4. The number of piperidine rings is 1. The van der Waals surface area contributed by atoms with Crippen LogP contribution in [0.2, 0.25) is 0 Å². The minimum Gasteiger partial charge on any atom is -0.336 e. The minimum absolute atomic E-state index is 0.0627. The van der Waals surface area contributed by atoms with Crippen molar-refractivity contribution in [1.29, 1.82) is 0 Å². The van der Waals surface area contributed by atoms with Crippen molar-refractivity contribution in [1.82, 2.24) is 20.4 Å². The Labute approximate surface area is 158 Å². The summed E-state index contributed by atoms with van der Waals surface area (Å²) in [5.41, 5.74) is 1.68. The van der Waals surface area contributed by atoms with E-state index in [4.69, 9.17) is 0 Å². The van der Waals surface area contributed by atoms with E-state index in [2.05, 4.69) is 26.4 Å². The lowest BCUT2D eigenvalue weighted by Gasteiger charge is -2.22. The number of hydrogen-bond donors (Lipinski definition) is 4. The lowest BCUT2D eigenvalue weighted by atomic mass is 10.1. The SMILES string of the molecule is CC(C)NC(=O)Nc1ccc(NC(=O)c2ccn(C3CCCNC3)n2)cc1. The maximum absolute atomic E-state index is 12.4.